The summed E-state index contributed by atoms with van der Waals surface area (Å²) in [7, 11) is 0. The maximum atomic E-state index is 13.0. The molecule has 5 rings (SSSR count). The fraction of sp³-hybridized carbons (Fsp3) is 0.593. The number of H-pyrrole nitrogens is 1. The Morgan fingerprint density at radius 3 is 2.79 bits per heavy atom. The van der Waals surface area contributed by atoms with Crippen molar-refractivity contribution in [1.82, 2.24) is 4.98 Å². The van der Waals surface area contributed by atoms with Gasteiger partial charge in [0, 0.05) is 34.4 Å². The standard InChI is InChI=1S/C27H35NO/c1-17(2)8-7-10-19-21-13-12-18-16-23-25(20-9-5-6-11-22(20)28-23)27(18,4)26(21,3)15-14-24(19)29/h5-7,9-11,17-19,21,28H,8,12-16H2,1-4H3/b10-7-. The normalized spacial score (nSPS) is 36.6. The summed E-state index contributed by atoms with van der Waals surface area (Å²) in [5.41, 5.74) is 4.64. The average Bonchev–Trinajstić information content (AvgIpc) is 3.19. The maximum absolute atomic E-state index is 13.0. The number of aromatic nitrogens is 1. The summed E-state index contributed by atoms with van der Waals surface area (Å²) in [5.74, 6) is 2.40. The molecule has 1 heterocycles. The molecule has 2 nitrogen and oxygen atoms in total. The lowest BCUT2D eigenvalue weighted by Gasteiger charge is -2.60. The number of Topliss-reactive ketones (excluding diaryl/α,β-unsaturated/α-hetero) is 1. The van der Waals surface area contributed by atoms with Crippen molar-refractivity contribution in [3.8, 4) is 0 Å². The third-order valence-electron chi connectivity index (χ3n) is 9.05. The lowest BCUT2D eigenvalue weighted by Crippen LogP contribution is -2.57. The molecule has 5 atom stereocenters. The van der Waals surface area contributed by atoms with E-state index < -0.39 is 0 Å². The monoisotopic (exact) mass is 389 g/mol. The molecular formula is C27H35NO. The van der Waals surface area contributed by atoms with Crippen molar-refractivity contribution in [2.75, 3.05) is 0 Å². The minimum atomic E-state index is 0.111. The molecule has 1 aromatic heterocycles. The number of ketones is 1. The smallest absolute Gasteiger partial charge is 0.140 e. The minimum absolute atomic E-state index is 0.111. The Labute approximate surface area is 175 Å². The second kappa shape index (κ2) is 6.59. The first-order chi connectivity index (χ1) is 13.9. The zero-order valence-corrected chi connectivity index (χ0v) is 18.4. The van der Waals surface area contributed by atoms with Crippen molar-refractivity contribution in [2.24, 2.45) is 29.1 Å². The highest BCUT2D eigenvalue weighted by molar-refractivity contribution is 5.88. The van der Waals surface area contributed by atoms with Gasteiger partial charge >= 0.3 is 0 Å². The Morgan fingerprint density at radius 1 is 1.21 bits per heavy atom. The highest BCUT2D eigenvalue weighted by atomic mass is 16.1. The van der Waals surface area contributed by atoms with E-state index in [1.54, 1.807) is 5.56 Å². The fourth-order valence-electron chi connectivity index (χ4n) is 7.36. The highest BCUT2D eigenvalue weighted by Crippen LogP contribution is 2.67. The molecule has 3 aliphatic carbocycles. The first-order valence-corrected chi connectivity index (χ1v) is 11.7. The van der Waals surface area contributed by atoms with Crippen LogP contribution in [0.1, 0.15) is 71.1 Å². The van der Waals surface area contributed by atoms with E-state index in [0.29, 0.717) is 23.5 Å². The molecule has 2 heteroatoms. The Bertz CT molecular complexity index is 982. The number of fused-ring (bicyclic) bond motifs is 7. The van der Waals surface area contributed by atoms with E-state index in [1.165, 1.54) is 35.9 Å². The van der Waals surface area contributed by atoms with Gasteiger partial charge in [-0.1, -0.05) is 58.0 Å². The van der Waals surface area contributed by atoms with Crippen LogP contribution in [0.3, 0.4) is 0 Å². The summed E-state index contributed by atoms with van der Waals surface area (Å²) in [4.78, 5) is 16.8. The number of carbonyl (C=O) groups is 1. The van der Waals surface area contributed by atoms with Crippen LogP contribution in [0.25, 0.3) is 10.9 Å². The first-order valence-electron chi connectivity index (χ1n) is 11.7. The summed E-state index contributed by atoms with van der Waals surface area (Å²) in [6.45, 7) is 9.57. The van der Waals surface area contributed by atoms with Crippen LogP contribution >= 0.6 is 0 Å². The Kier molecular flexibility index (Phi) is 4.35. The number of aromatic amines is 1. The summed E-state index contributed by atoms with van der Waals surface area (Å²) in [6.07, 6.45) is 11.0. The van der Waals surface area contributed by atoms with Crippen LogP contribution in [0.15, 0.2) is 36.4 Å². The Hall–Kier alpha value is -1.83. The fourth-order valence-corrected chi connectivity index (χ4v) is 7.36. The van der Waals surface area contributed by atoms with E-state index >= 15 is 0 Å². The molecule has 0 spiro atoms. The topological polar surface area (TPSA) is 32.9 Å². The van der Waals surface area contributed by atoms with Gasteiger partial charge in [0.15, 0.2) is 0 Å². The van der Waals surface area contributed by atoms with Crippen molar-refractivity contribution in [1.29, 1.82) is 0 Å². The predicted molar refractivity (Wildman–Crippen MR) is 120 cm³/mol. The SMILES string of the molecule is CC(C)C/C=C\C1C(=O)CCC2(C)C1CCC1Cc3[nH]c4ccccc4c3C12C. The summed E-state index contributed by atoms with van der Waals surface area (Å²) in [5, 5.41) is 1.41. The number of carbonyl (C=O) groups excluding carboxylic acids is 1. The third kappa shape index (κ3) is 2.57. The highest BCUT2D eigenvalue weighted by Gasteiger charge is 2.63. The second-order valence-corrected chi connectivity index (χ2v) is 10.8. The molecule has 2 saturated carbocycles. The molecule has 29 heavy (non-hydrogen) atoms. The van der Waals surface area contributed by atoms with Crippen LogP contribution in [0.4, 0.5) is 0 Å². The van der Waals surface area contributed by atoms with Crippen LogP contribution in [0, 0.1) is 29.1 Å². The number of rotatable bonds is 3. The van der Waals surface area contributed by atoms with Gasteiger partial charge in [0.05, 0.1) is 0 Å². The Balaban J connectivity index is 1.60. The van der Waals surface area contributed by atoms with Crippen molar-refractivity contribution in [2.45, 2.75) is 71.6 Å². The van der Waals surface area contributed by atoms with Crippen molar-refractivity contribution < 1.29 is 4.79 Å². The molecule has 2 aromatic rings. The number of para-hydroxylation sites is 1. The van der Waals surface area contributed by atoms with Gasteiger partial charge in [-0.3, -0.25) is 4.79 Å². The van der Waals surface area contributed by atoms with Crippen LogP contribution in [-0.4, -0.2) is 10.8 Å². The van der Waals surface area contributed by atoms with Gasteiger partial charge in [-0.2, -0.15) is 0 Å². The van der Waals surface area contributed by atoms with Crippen LogP contribution in [0.2, 0.25) is 0 Å². The van der Waals surface area contributed by atoms with E-state index in [-0.39, 0.29) is 16.7 Å². The van der Waals surface area contributed by atoms with Gasteiger partial charge in [0.2, 0.25) is 0 Å². The van der Waals surface area contributed by atoms with Gasteiger partial charge < -0.3 is 4.98 Å². The van der Waals surface area contributed by atoms with Gasteiger partial charge in [-0.25, -0.2) is 0 Å². The molecular weight excluding hydrogens is 354 g/mol. The zero-order valence-electron chi connectivity index (χ0n) is 18.4. The molecule has 0 radical (unpaired) electrons. The van der Waals surface area contributed by atoms with Gasteiger partial charge in [0.1, 0.15) is 5.78 Å². The van der Waals surface area contributed by atoms with E-state index in [4.69, 9.17) is 0 Å². The lowest BCUT2D eigenvalue weighted by molar-refractivity contribution is -0.137. The first kappa shape index (κ1) is 19.2. The van der Waals surface area contributed by atoms with Crippen LogP contribution in [0.5, 0.6) is 0 Å². The van der Waals surface area contributed by atoms with Crippen molar-refractivity contribution >= 4 is 16.7 Å². The molecule has 1 N–H and O–H groups in total. The summed E-state index contributed by atoms with van der Waals surface area (Å²) in [6, 6.07) is 8.83. The van der Waals surface area contributed by atoms with Gasteiger partial charge in [-0.15, -0.1) is 0 Å². The summed E-state index contributed by atoms with van der Waals surface area (Å²) >= 11 is 0. The van der Waals surface area contributed by atoms with Gasteiger partial charge in [0.25, 0.3) is 0 Å². The van der Waals surface area contributed by atoms with Crippen LogP contribution in [-0.2, 0) is 16.6 Å². The van der Waals surface area contributed by atoms with Crippen molar-refractivity contribution in [3.05, 3.63) is 47.7 Å². The lowest BCUT2D eigenvalue weighted by atomic mass is 9.43. The molecule has 0 bridgehead atoms. The molecule has 5 unspecified atom stereocenters. The summed E-state index contributed by atoms with van der Waals surface area (Å²) < 4.78 is 0. The van der Waals surface area contributed by atoms with E-state index in [0.717, 1.165) is 19.3 Å². The predicted octanol–water partition coefficient (Wildman–Crippen LogP) is 6.60. The molecule has 3 aliphatic rings. The average molecular weight is 390 g/mol. The molecule has 0 aliphatic heterocycles. The Morgan fingerprint density at radius 2 is 2.00 bits per heavy atom. The maximum Gasteiger partial charge on any atom is 0.140 e. The third-order valence-corrected chi connectivity index (χ3v) is 9.05. The molecule has 0 amide bonds. The largest absolute Gasteiger partial charge is 0.358 e. The quantitative estimate of drug-likeness (QED) is 0.590. The molecule has 154 valence electrons. The minimum Gasteiger partial charge on any atom is -0.358 e. The van der Waals surface area contributed by atoms with Crippen LogP contribution < -0.4 is 0 Å². The molecule has 1 aromatic carbocycles. The van der Waals surface area contributed by atoms with E-state index in [9.17, 15) is 4.79 Å². The number of allylic oxidation sites excluding steroid dienone is 2. The number of hydrogen-bond acceptors (Lipinski definition) is 1. The van der Waals surface area contributed by atoms with E-state index in [1.807, 2.05) is 0 Å². The number of hydrogen-bond donors (Lipinski definition) is 1. The zero-order chi connectivity index (χ0) is 20.4. The number of nitrogens with one attached hydrogen (secondary N) is 1. The van der Waals surface area contributed by atoms with Crippen molar-refractivity contribution in [3.63, 3.8) is 0 Å². The second-order valence-electron chi connectivity index (χ2n) is 10.8. The van der Waals surface area contributed by atoms with E-state index in [2.05, 4.69) is 69.1 Å². The van der Waals surface area contributed by atoms with Gasteiger partial charge in [-0.05, 0) is 66.9 Å². The molecule has 2 fully saturated rings. The number of benzene rings is 1. The molecule has 0 saturated heterocycles.